The van der Waals surface area contributed by atoms with Gasteiger partial charge in [0.05, 0.1) is 10.6 Å². The van der Waals surface area contributed by atoms with E-state index in [0.29, 0.717) is 13.0 Å². The van der Waals surface area contributed by atoms with Crippen molar-refractivity contribution in [3.63, 3.8) is 0 Å². The third-order valence-electron chi connectivity index (χ3n) is 2.32. The highest BCUT2D eigenvalue weighted by Gasteiger charge is 2.14. The molecule has 18 heavy (non-hydrogen) atoms. The molecule has 1 aromatic rings. The Morgan fingerprint density at radius 2 is 2.06 bits per heavy atom. The van der Waals surface area contributed by atoms with Crippen molar-refractivity contribution in [2.45, 2.75) is 25.1 Å². The van der Waals surface area contributed by atoms with Crippen molar-refractivity contribution in [3.05, 3.63) is 34.4 Å². The molecule has 6 heteroatoms. The predicted octanol–water partition coefficient (Wildman–Crippen LogP) is 3.76. The monoisotopic (exact) mass is 295 g/mol. The molecular weight excluding hydrogens is 283 g/mol. The third-order valence-corrected chi connectivity index (χ3v) is 2.83. The smallest absolute Gasteiger partial charge is 0.254 e. The van der Waals surface area contributed by atoms with Gasteiger partial charge in [-0.25, -0.2) is 8.78 Å². The molecule has 1 unspecified atom stereocenters. The molecule has 0 spiro atoms. The lowest BCUT2D eigenvalue weighted by atomic mass is 10.2. The van der Waals surface area contributed by atoms with Crippen molar-refractivity contribution in [1.29, 1.82) is 0 Å². The average Bonchev–Trinajstić information content (AvgIpc) is 2.28. The number of amides is 1. The summed E-state index contributed by atoms with van der Waals surface area (Å²) in [5, 5.41) is 2.17. The topological polar surface area (TPSA) is 29.1 Å². The Morgan fingerprint density at radius 1 is 1.39 bits per heavy atom. The van der Waals surface area contributed by atoms with E-state index in [0.717, 1.165) is 18.6 Å². The number of benzene rings is 1. The van der Waals surface area contributed by atoms with E-state index in [1.165, 1.54) is 0 Å². The lowest BCUT2D eigenvalue weighted by Crippen LogP contribution is -2.26. The molecule has 1 rings (SSSR count). The summed E-state index contributed by atoms with van der Waals surface area (Å²) in [6.45, 7) is 2.21. The molecule has 2 nitrogen and oxygen atoms in total. The summed E-state index contributed by atoms with van der Waals surface area (Å²) in [6, 6.07) is 1.57. The minimum atomic E-state index is -0.843. The average molecular weight is 296 g/mol. The Kier molecular flexibility index (Phi) is 5.82. The van der Waals surface area contributed by atoms with Crippen LogP contribution in [0.5, 0.6) is 0 Å². The van der Waals surface area contributed by atoms with Crippen molar-refractivity contribution >= 4 is 29.1 Å². The van der Waals surface area contributed by atoms with Crippen molar-refractivity contribution in [3.8, 4) is 0 Å². The van der Waals surface area contributed by atoms with E-state index in [1.54, 1.807) is 0 Å². The summed E-state index contributed by atoms with van der Waals surface area (Å²) in [7, 11) is 0. The van der Waals surface area contributed by atoms with E-state index in [-0.39, 0.29) is 16.0 Å². The van der Waals surface area contributed by atoms with Gasteiger partial charge in [-0.05, 0) is 31.9 Å². The van der Waals surface area contributed by atoms with E-state index in [1.807, 2.05) is 6.92 Å². The molecule has 1 amide bonds. The van der Waals surface area contributed by atoms with Crippen LogP contribution in [0, 0.1) is 11.6 Å². The summed E-state index contributed by atoms with van der Waals surface area (Å²) in [5.74, 6) is -2.33. The summed E-state index contributed by atoms with van der Waals surface area (Å²) in [4.78, 5) is 11.6. The second-order valence-corrected chi connectivity index (χ2v) is 5.08. The summed E-state index contributed by atoms with van der Waals surface area (Å²) < 4.78 is 26.5. The van der Waals surface area contributed by atoms with Gasteiger partial charge in [-0.3, -0.25) is 4.79 Å². The van der Waals surface area contributed by atoms with Gasteiger partial charge in [0.25, 0.3) is 5.91 Å². The maximum Gasteiger partial charge on any atom is 0.254 e. The van der Waals surface area contributed by atoms with Crippen LogP contribution in [-0.2, 0) is 0 Å². The number of hydrogen-bond donors (Lipinski definition) is 1. The quantitative estimate of drug-likeness (QED) is 0.500. The standard InChI is InChI=1S/C12H13Cl2F2NO/c1-7(13)3-2-4-17-12(18)8-5-11(16)9(14)6-10(8)15/h5-7H,2-4H2,1H3,(H,17,18). The summed E-state index contributed by atoms with van der Waals surface area (Å²) in [6.07, 6.45) is 1.41. The molecule has 100 valence electrons. The van der Waals surface area contributed by atoms with Crippen LogP contribution in [0.2, 0.25) is 5.02 Å². The maximum absolute atomic E-state index is 13.4. The molecule has 0 radical (unpaired) electrons. The largest absolute Gasteiger partial charge is 0.352 e. The lowest BCUT2D eigenvalue weighted by molar-refractivity contribution is 0.0948. The first kappa shape index (κ1) is 15.2. The maximum atomic E-state index is 13.4. The zero-order valence-corrected chi connectivity index (χ0v) is 11.3. The van der Waals surface area contributed by atoms with E-state index in [2.05, 4.69) is 5.32 Å². The lowest BCUT2D eigenvalue weighted by Gasteiger charge is -2.07. The Balaban J connectivity index is 2.59. The van der Waals surface area contributed by atoms with Gasteiger partial charge in [0, 0.05) is 11.9 Å². The summed E-state index contributed by atoms with van der Waals surface area (Å²) in [5.41, 5.74) is -0.351. The number of alkyl halides is 1. The molecule has 0 aromatic heterocycles. The van der Waals surface area contributed by atoms with Crippen LogP contribution < -0.4 is 5.32 Å². The Hall–Kier alpha value is -0.870. The third kappa shape index (κ3) is 4.42. The van der Waals surface area contributed by atoms with Crippen molar-refractivity contribution < 1.29 is 13.6 Å². The van der Waals surface area contributed by atoms with Crippen molar-refractivity contribution in [2.75, 3.05) is 6.54 Å². The molecule has 1 N–H and O–H groups in total. The van der Waals surface area contributed by atoms with E-state index in [4.69, 9.17) is 23.2 Å². The van der Waals surface area contributed by atoms with Crippen LogP contribution in [0.25, 0.3) is 0 Å². The highest BCUT2D eigenvalue weighted by molar-refractivity contribution is 6.30. The Morgan fingerprint density at radius 3 is 2.67 bits per heavy atom. The SMILES string of the molecule is CC(Cl)CCCNC(=O)c1cc(F)c(Cl)cc1F. The summed E-state index contributed by atoms with van der Waals surface area (Å²) >= 11 is 11.1. The van der Waals surface area contributed by atoms with Gasteiger partial charge in [-0.15, -0.1) is 11.6 Å². The Bertz CT molecular complexity index is 438. The van der Waals surface area contributed by atoms with E-state index >= 15 is 0 Å². The fraction of sp³-hybridized carbons (Fsp3) is 0.417. The number of rotatable bonds is 5. The first-order valence-corrected chi connectivity index (χ1v) is 6.30. The Labute approximate surface area is 114 Å². The number of nitrogens with one attached hydrogen (secondary N) is 1. The number of carbonyl (C=O) groups excluding carboxylic acids is 1. The minimum absolute atomic E-state index is 0.0200. The van der Waals surface area contributed by atoms with Crippen LogP contribution in [-0.4, -0.2) is 17.8 Å². The first-order valence-electron chi connectivity index (χ1n) is 5.48. The zero-order chi connectivity index (χ0) is 13.7. The fourth-order valence-electron chi connectivity index (χ4n) is 1.38. The van der Waals surface area contributed by atoms with Gasteiger partial charge in [-0.2, -0.15) is 0 Å². The van der Waals surface area contributed by atoms with Crippen LogP contribution >= 0.6 is 23.2 Å². The normalized spacial score (nSPS) is 12.3. The molecule has 0 heterocycles. The van der Waals surface area contributed by atoms with E-state index < -0.39 is 17.5 Å². The second kappa shape index (κ2) is 6.90. The molecule has 1 aromatic carbocycles. The van der Waals surface area contributed by atoms with Gasteiger partial charge < -0.3 is 5.32 Å². The van der Waals surface area contributed by atoms with Crippen LogP contribution in [0.4, 0.5) is 8.78 Å². The zero-order valence-electron chi connectivity index (χ0n) is 9.77. The minimum Gasteiger partial charge on any atom is -0.352 e. The van der Waals surface area contributed by atoms with Gasteiger partial charge in [0.2, 0.25) is 0 Å². The van der Waals surface area contributed by atoms with E-state index in [9.17, 15) is 13.6 Å². The molecule has 0 saturated heterocycles. The van der Waals surface area contributed by atoms with Crippen LogP contribution in [0.1, 0.15) is 30.1 Å². The highest BCUT2D eigenvalue weighted by atomic mass is 35.5. The molecule has 0 saturated carbocycles. The predicted molar refractivity (Wildman–Crippen MR) is 68.3 cm³/mol. The molecule has 0 aliphatic heterocycles. The van der Waals surface area contributed by atoms with Gasteiger partial charge in [0.15, 0.2) is 0 Å². The molecular formula is C12H13Cl2F2NO. The molecule has 0 bridgehead atoms. The van der Waals surface area contributed by atoms with Gasteiger partial charge >= 0.3 is 0 Å². The number of hydrogen-bond acceptors (Lipinski definition) is 1. The van der Waals surface area contributed by atoms with Gasteiger partial charge in [0.1, 0.15) is 11.6 Å². The van der Waals surface area contributed by atoms with Crippen molar-refractivity contribution in [2.24, 2.45) is 0 Å². The number of halogens is 4. The molecule has 0 fully saturated rings. The molecule has 1 atom stereocenters. The van der Waals surface area contributed by atoms with Crippen molar-refractivity contribution in [1.82, 2.24) is 5.32 Å². The van der Waals surface area contributed by atoms with Gasteiger partial charge in [-0.1, -0.05) is 11.6 Å². The first-order chi connectivity index (χ1) is 8.41. The molecule has 0 aliphatic carbocycles. The van der Waals surface area contributed by atoms with Crippen LogP contribution in [0.3, 0.4) is 0 Å². The highest BCUT2D eigenvalue weighted by Crippen LogP contribution is 2.19. The number of carbonyl (C=O) groups is 1. The molecule has 0 aliphatic rings. The second-order valence-electron chi connectivity index (χ2n) is 3.93. The fourth-order valence-corrected chi connectivity index (χ4v) is 1.68. The van der Waals surface area contributed by atoms with Crippen LogP contribution in [0.15, 0.2) is 12.1 Å².